The summed E-state index contributed by atoms with van der Waals surface area (Å²) >= 11 is 0. The number of nitro benzene ring substituents is 2. The average Bonchev–Trinajstić information content (AvgIpc) is 3.18. The maximum absolute atomic E-state index is 11.9. The van der Waals surface area contributed by atoms with E-state index in [1.807, 2.05) is 0 Å². The second kappa shape index (κ2) is 8.86. The van der Waals surface area contributed by atoms with Gasteiger partial charge in [-0.1, -0.05) is 6.07 Å². The molecule has 2 aromatic carbocycles. The number of carbonyl (C=O) groups excluding carboxylic acids is 2. The third kappa shape index (κ3) is 4.98. The Morgan fingerprint density at radius 3 is 2.53 bits per heavy atom. The SMILES string of the molecule is O=C(COC(=O)Cc1ccc([N+](=O)[O-])cc1[N+](=O)[O-])NCc1ccc2c(c1)OCO2. The molecule has 0 saturated carbocycles. The van der Waals surface area contributed by atoms with Crippen LogP contribution in [0.1, 0.15) is 11.1 Å². The van der Waals surface area contributed by atoms with Gasteiger partial charge in [-0.15, -0.1) is 0 Å². The largest absolute Gasteiger partial charge is 0.455 e. The van der Waals surface area contributed by atoms with E-state index in [9.17, 15) is 29.8 Å². The number of non-ortho nitro benzene ring substituents is 1. The van der Waals surface area contributed by atoms with E-state index in [2.05, 4.69) is 5.32 Å². The molecule has 0 bridgehead atoms. The van der Waals surface area contributed by atoms with Crippen LogP contribution in [0.4, 0.5) is 11.4 Å². The molecule has 1 aliphatic heterocycles. The molecule has 0 spiro atoms. The summed E-state index contributed by atoms with van der Waals surface area (Å²) in [6.45, 7) is -0.279. The highest BCUT2D eigenvalue weighted by atomic mass is 16.7. The van der Waals surface area contributed by atoms with E-state index < -0.39 is 46.1 Å². The summed E-state index contributed by atoms with van der Waals surface area (Å²) in [5.41, 5.74) is -0.355. The Hall–Kier alpha value is -4.22. The van der Waals surface area contributed by atoms with E-state index in [0.29, 0.717) is 11.5 Å². The minimum Gasteiger partial charge on any atom is -0.455 e. The zero-order valence-electron chi connectivity index (χ0n) is 15.4. The molecule has 1 N–H and O–H groups in total. The molecule has 30 heavy (non-hydrogen) atoms. The van der Waals surface area contributed by atoms with Crippen LogP contribution in [0.2, 0.25) is 0 Å². The summed E-state index contributed by atoms with van der Waals surface area (Å²) in [5, 5.41) is 24.4. The summed E-state index contributed by atoms with van der Waals surface area (Å²) < 4.78 is 15.3. The fraction of sp³-hybridized carbons (Fsp3) is 0.222. The van der Waals surface area contributed by atoms with E-state index in [0.717, 1.165) is 23.8 Å². The van der Waals surface area contributed by atoms with Crippen molar-refractivity contribution >= 4 is 23.3 Å². The van der Waals surface area contributed by atoms with Crippen LogP contribution < -0.4 is 14.8 Å². The number of hydrogen-bond acceptors (Lipinski definition) is 9. The van der Waals surface area contributed by atoms with Crippen molar-refractivity contribution in [3.05, 3.63) is 67.8 Å². The quantitative estimate of drug-likeness (QED) is 0.382. The van der Waals surface area contributed by atoms with E-state index in [-0.39, 0.29) is 18.9 Å². The van der Waals surface area contributed by atoms with Gasteiger partial charge in [0.15, 0.2) is 18.1 Å². The van der Waals surface area contributed by atoms with Crippen molar-refractivity contribution < 1.29 is 33.6 Å². The van der Waals surface area contributed by atoms with Crippen molar-refractivity contribution in [2.24, 2.45) is 0 Å². The molecule has 1 aliphatic rings. The standard InChI is InChI=1S/C18H15N3O9/c22-17(19-8-11-1-4-15-16(5-11)30-10-29-15)9-28-18(23)6-12-2-3-13(20(24)25)7-14(12)21(26)27/h1-5,7H,6,8-10H2,(H,19,22). The molecule has 0 atom stereocenters. The summed E-state index contributed by atoms with van der Waals surface area (Å²) in [5.74, 6) is -0.276. The van der Waals surface area contributed by atoms with Crippen LogP contribution in [0.5, 0.6) is 11.5 Å². The van der Waals surface area contributed by atoms with Gasteiger partial charge in [0.1, 0.15) is 0 Å². The Morgan fingerprint density at radius 2 is 1.80 bits per heavy atom. The Labute approximate surface area is 168 Å². The maximum Gasteiger partial charge on any atom is 0.311 e. The first kappa shape index (κ1) is 20.5. The molecule has 12 heteroatoms. The fourth-order valence-corrected chi connectivity index (χ4v) is 2.64. The molecule has 0 radical (unpaired) electrons. The second-order valence-corrected chi connectivity index (χ2v) is 6.13. The van der Waals surface area contributed by atoms with Crippen LogP contribution in [0.15, 0.2) is 36.4 Å². The molecule has 3 rings (SSSR count). The zero-order valence-corrected chi connectivity index (χ0v) is 15.4. The minimum atomic E-state index is -0.884. The van der Waals surface area contributed by atoms with Gasteiger partial charge in [-0.05, 0) is 23.8 Å². The number of fused-ring (bicyclic) bond motifs is 1. The molecule has 1 heterocycles. The van der Waals surface area contributed by atoms with Gasteiger partial charge in [-0.2, -0.15) is 0 Å². The first-order valence-electron chi connectivity index (χ1n) is 8.56. The molecular formula is C18H15N3O9. The first-order chi connectivity index (χ1) is 14.3. The zero-order chi connectivity index (χ0) is 21.7. The van der Waals surface area contributed by atoms with Crippen LogP contribution in [0.25, 0.3) is 0 Å². The lowest BCUT2D eigenvalue weighted by Gasteiger charge is -2.08. The van der Waals surface area contributed by atoms with E-state index >= 15 is 0 Å². The highest BCUT2D eigenvalue weighted by Crippen LogP contribution is 2.32. The van der Waals surface area contributed by atoms with Gasteiger partial charge in [-0.3, -0.25) is 29.8 Å². The van der Waals surface area contributed by atoms with E-state index in [4.69, 9.17) is 14.2 Å². The molecule has 0 fully saturated rings. The maximum atomic E-state index is 11.9. The number of benzene rings is 2. The summed E-state index contributed by atoms with van der Waals surface area (Å²) in [6.07, 6.45) is -0.510. The van der Waals surface area contributed by atoms with Gasteiger partial charge in [0, 0.05) is 18.2 Å². The first-order valence-corrected chi connectivity index (χ1v) is 8.56. The summed E-state index contributed by atoms with van der Waals surface area (Å²) in [4.78, 5) is 44.0. The van der Waals surface area contributed by atoms with Gasteiger partial charge < -0.3 is 19.5 Å². The smallest absolute Gasteiger partial charge is 0.311 e. The number of carbonyl (C=O) groups is 2. The van der Waals surface area contributed by atoms with Gasteiger partial charge in [0.25, 0.3) is 17.3 Å². The third-order valence-corrected chi connectivity index (χ3v) is 4.10. The number of nitrogens with zero attached hydrogens (tertiary/aromatic N) is 2. The van der Waals surface area contributed by atoms with Gasteiger partial charge >= 0.3 is 5.97 Å². The molecular weight excluding hydrogens is 402 g/mol. The topological polar surface area (TPSA) is 160 Å². The molecule has 0 unspecified atom stereocenters. The van der Waals surface area contributed by atoms with Crippen LogP contribution in [0, 0.1) is 20.2 Å². The molecule has 0 aliphatic carbocycles. The number of esters is 1. The monoisotopic (exact) mass is 417 g/mol. The van der Waals surface area contributed by atoms with Crippen molar-refractivity contribution in [2.75, 3.05) is 13.4 Å². The summed E-state index contributed by atoms with van der Waals surface area (Å²) in [7, 11) is 0. The third-order valence-electron chi connectivity index (χ3n) is 4.10. The predicted octanol–water partition coefficient (Wildman–Crippen LogP) is 1.63. The van der Waals surface area contributed by atoms with Crippen molar-refractivity contribution in [2.45, 2.75) is 13.0 Å². The lowest BCUT2D eigenvalue weighted by atomic mass is 10.1. The molecule has 0 aromatic heterocycles. The molecule has 156 valence electrons. The van der Waals surface area contributed by atoms with Crippen molar-refractivity contribution in [3.63, 3.8) is 0 Å². The Balaban J connectivity index is 1.50. The number of amides is 1. The highest BCUT2D eigenvalue weighted by molar-refractivity contribution is 5.81. The predicted molar refractivity (Wildman–Crippen MR) is 98.8 cm³/mol. The van der Waals surface area contributed by atoms with Gasteiger partial charge in [0.2, 0.25) is 6.79 Å². The Bertz CT molecular complexity index is 1020. The highest BCUT2D eigenvalue weighted by Gasteiger charge is 2.22. The minimum absolute atomic E-state index is 0.0589. The van der Waals surface area contributed by atoms with Crippen LogP contribution in [0.3, 0.4) is 0 Å². The molecule has 1 amide bonds. The van der Waals surface area contributed by atoms with Crippen molar-refractivity contribution in [1.82, 2.24) is 5.32 Å². The number of rotatable bonds is 8. The van der Waals surface area contributed by atoms with Crippen LogP contribution >= 0.6 is 0 Å². The van der Waals surface area contributed by atoms with E-state index in [1.54, 1.807) is 18.2 Å². The number of nitrogens with one attached hydrogen (secondary N) is 1. The Kier molecular flexibility index (Phi) is 6.05. The molecule has 0 saturated heterocycles. The number of ether oxygens (including phenoxy) is 3. The molecule has 2 aromatic rings. The second-order valence-electron chi connectivity index (χ2n) is 6.13. The normalized spacial score (nSPS) is 11.6. The van der Waals surface area contributed by atoms with E-state index in [1.165, 1.54) is 0 Å². The van der Waals surface area contributed by atoms with Crippen molar-refractivity contribution in [1.29, 1.82) is 0 Å². The van der Waals surface area contributed by atoms with Gasteiger partial charge in [-0.25, -0.2) is 0 Å². The lowest BCUT2D eigenvalue weighted by Crippen LogP contribution is -2.28. The fourth-order valence-electron chi connectivity index (χ4n) is 2.64. The average molecular weight is 417 g/mol. The number of hydrogen-bond donors (Lipinski definition) is 1. The van der Waals surface area contributed by atoms with Crippen molar-refractivity contribution in [3.8, 4) is 11.5 Å². The lowest BCUT2D eigenvalue weighted by molar-refractivity contribution is -0.394. The number of nitro groups is 2. The van der Waals surface area contributed by atoms with Crippen LogP contribution in [-0.4, -0.2) is 35.1 Å². The van der Waals surface area contributed by atoms with Gasteiger partial charge in [0.05, 0.1) is 22.3 Å². The Morgan fingerprint density at radius 1 is 1.03 bits per heavy atom. The molecule has 12 nitrogen and oxygen atoms in total. The summed E-state index contributed by atoms with van der Waals surface area (Å²) in [6, 6.07) is 8.09. The van der Waals surface area contributed by atoms with Crippen LogP contribution in [-0.2, 0) is 27.3 Å².